The van der Waals surface area contributed by atoms with E-state index in [9.17, 15) is 5.11 Å². The van der Waals surface area contributed by atoms with Gasteiger partial charge in [-0.2, -0.15) is 12.6 Å². The minimum Gasteiger partial charge on any atom is -0.508 e. The molecule has 0 aliphatic rings. The molecule has 0 spiro atoms. The molecule has 0 radical (unpaired) electrons. The van der Waals surface area contributed by atoms with E-state index in [1.54, 1.807) is 19.1 Å². The fourth-order valence-corrected chi connectivity index (χ4v) is 1.28. The van der Waals surface area contributed by atoms with Crippen molar-refractivity contribution in [2.45, 2.75) is 12.2 Å². The van der Waals surface area contributed by atoms with Gasteiger partial charge < -0.3 is 5.11 Å². The van der Waals surface area contributed by atoms with Crippen LogP contribution >= 0.6 is 12.6 Å². The third-order valence-corrected chi connectivity index (χ3v) is 1.92. The molecule has 12 heavy (non-hydrogen) atoms. The van der Waals surface area contributed by atoms with Gasteiger partial charge in [-0.3, -0.25) is 0 Å². The van der Waals surface area contributed by atoms with Crippen LogP contribution in [0, 0.1) is 11.8 Å². The van der Waals surface area contributed by atoms with Gasteiger partial charge in [-0.05, 0) is 13.0 Å². The van der Waals surface area contributed by atoms with Gasteiger partial charge in [0.2, 0.25) is 0 Å². The Morgan fingerprint density at radius 2 is 2.08 bits per heavy atom. The number of benzene rings is 1. The van der Waals surface area contributed by atoms with Crippen LogP contribution in [-0.2, 0) is 0 Å². The maximum atomic E-state index is 9.39. The van der Waals surface area contributed by atoms with E-state index in [0.29, 0.717) is 0 Å². The molecule has 0 saturated carbocycles. The summed E-state index contributed by atoms with van der Waals surface area (Å²) in [7, 11) is 0. The van der Waals surface area contributed by atoms with Crippen molar-refractivity contribution in [1.82, 2.24) is 0 Å². The minimum atomic E-state index is -0.198. The monoisotopic (exact) mass is 178 g/mol. The third-order valence-electron chi connectivity index (χ3n) is 1.51. The first-order valence-electron chi connectivity index (χ1n) is 3.64. The fraction of sp³-hybridized carbons (Fsp3) is 0.200. The number of aromatic hydroxyl groups is 1. The van der Waals surface area contributed by atoms with Gasteiger partial charge in [0.25, 0.3) is 0 Å². The van der Waals surface area contributed by atoms with Crippen LogP contribution in [0.1, 0.15) is 17.7 Å². The molecule has 1 aromatic carbocycles. The molecular weight excluding hydrogens is 168 g/mol. The molecule has 0 heterocycles. The SMILES string of the molecule is CC#CC(S)c1ccccc1O. The van der Waals surface area contributed by atoms with E-state index >= 15 is 0 Å². The summed E-state index contributed by atoms with van der Waals surface area (Å²) >= 11 is 4.24. The van der Waals surface area contributed by atoms with Crippen LogP contribution in [0.5, 0.6) is 5.75 Å². The van der Waals surface area contributed by atoms with E-state index < -0.39 is 0 Å². The molecular formula is C10H10OS. The molecule has 0 aliphatic carbocycles. The largest absolute Gasteiger partial charge is 0.508 e. The van der Waals surface area contributed by atoms with Gasteiger partial charge in [-0.1, -0.05) is 24.1 Å². The summed E-state index contributed by atoms with van der Waals surface area (Å²) in [6.45, 7) is 1.75. The van der Waals surface area contributed by atoms with Crippen LogP contribution in [0.15, 0.2) is 24.3 Å². The smallest absolute Gasteiger partial charge is 0.120 e. The highest BCUT2D eigenvalue weighted by Crippen LogP contribution is 2.27. The highest BCUT2D eigenvalue weighted by atomic mass is 32.1. The highest BCUT2D eigenvalue weighted by molar-refractivity contribution is 7.80. The van der Waals surface area contributed by atoms with Crippen molar-refractivity contribution >= 4 is 12.6 Å². The molecule has 0 aromatic heterocycles. The average molecular weight is 178 g/mol. The van der Waals surface area contributed by atoms with Gasteiger partial charge >= 0.3 is 0 Å². The maximum Gasteiger partial charge on any atom is 0.120 e. The summed E-state index contributed by atoms with van der Waals surface area (Å²) in [6.07, 6.45) is 0. The Morgan fingerprint density at radius 1 is 1.42 bits per heavy atom. The Bertz CT molecular complexity index is 322. The number of para-hydroxylation sites is 1. The number of thiol groups is 1. The molecule has 62 valence electrons. The van der Waals surface area contributed by atoms with Gasteiger partial charge in [-0.15, -0.1) is 5.92 Å². The highest BCUT2D eigenvalue weighted by Gasteiger charge is 2.06. The Hall–Kier alpha value is -1.07. The lowest BCUT2D eigenvalue weighted by molar-refractivity contribution is 0.470. The molecule has 1 rings (SSSR count). The van der Waals surface area contributed by atoms with Crippen LogP contribution in [0.2, 0.25) is 0 Å². The summed E-state index contributed by atoms with van der Waals surface area (Å²) in [5.74, 6) is 5.86. The molecule has 0 fully saturated rings. The van der Waals surface area contributed by atoms with E-state index in [-0.39, 0.29) is 11.0 Å². The topological polar surface area (TPSA) is 20.2 Å². The van der Waals surface area contributed by atoms with E-state index in [4.69, 9.17) is 0 Å². The van der Waals surface area contributed by atoms with Crippen LogP contribution in [-0.4, -0.2) is 5.11 Å². The van der Waals surface area contributed by atoms with E-state index in [1.807, 2.05) is 12.1 Å². The van der Waals surface area contributed by atoms with Crippen LogP contribution < -0.4 is 0 Å². The minimum absolute atomic E-state index is 0.198. The first kappa shape index (κ1) is 9.02. The number of rotatable bonds is 1. The number of hydrogen-bond acceptors (Lipinski definition) is 2. The molecule has 1 atom stereocenters. The maximum absolute atomic E-state index is 9.39. The predicted molar refractivity (Wildman–Crippen MR) is 53.3 cm³/mol. The first-order chi connectivity index (χ1) is 5.75. The van der Waals surface area contributed by atoms with Crippen LogP contribution in [0.4, 0.5) is 0 Å². The summed E-state index contributed by atoms with van der Waals surface area (Å²) < 4.78 is 0. The summed E-state index contributed by atoms with van der Waals surface area (Å²) in [5.41, 5.74) is 0.759. The van der Waals surface area contributed by atoms with Gasteiger partial charge in [0.1, 0.15) is 5.75 Å². The Balaban J connectivity index is 2.99. The second-order valence-electron chi connectivity index (χ2n) is 2.36. The molecule has 1 unspecified atom stereocenters. The van der Waals surface area contributed by atoms with Crippen molar-refractivity contribution in [2.24, 2.45) is 0 Å². The second kappa shape index (κ2) is 4.08. The normalized spacial score (nSPS) is 11.5. The zero-order valence-electron chi connectivity index (χ0n) is 6.78. The molecule has 0 amide bonds. The van der Waals surface area contributed by atoms with Crippen molar-refractivity contribution < 1.29 is 5.11 Å². The molecule has 1 N–H and O–H groups in total. The van der Waals surface area contributed by atoms with Crippen LogP contribution in [0.3, 0.4) is 0 Å². The molecule has 1 nitrogen and oxygen atoms in total. The van der Waals surface area contributed by atoms with Gasteiger partial charge in [-0.25, -0.2) is 0 Å². The summed E-state index contributed by atoms with van der Waals surface area (Å²) in [6, 6.07) is 7.08. The zero-order chi connectivity index (χ0) is 8.97. The molecule has 0 saturated heterocycles. The standard InChI is InChI=1S/C10H10OS/c1-2-5-10(12)8-6-3-4-7-9(8)11/h3-4,6-7,10-12H,1H3. The van der Waals surface area contributed by atoms with Gasteiger partial charge in [0, 0.05) is 5.56 Å². The molecule has 0 bridgehead atoms. The molecule has 1 aromatic rings. The lowest BCUT2D eigenvalue weighted by Gasteiger charge is -2.05. The summed E-state index contributed by atoms with van der Waals surface area (Å²) in [4.78, 5) is 0. The number of hydrogen-bond donors (Lipinski definition) is 2. The fourth-order valence-electron chi connectivity index (χ4n) is 0.933. The average Bonchev–Trinajstić information content (AvgIpc) is 2.05. The van der Waals surface area contributed by atoms with Gasteiger partial charge in [0.15, 0.2) is 0 Å². The van der Waals surface area contributed by atoms with Crippen LogP contribution in [0.25, 0.3) is 0 Å². The van der Waals surface area contributed by atoms with Crippen molar-refractivity contribution in [1.29, 1.82) is 0 Å². The lowest BCUT2D eigenvalue weighted by Crippen LogP contribution is -1.86. The summed E-state index contributed by atoms with van der Waals surface area (Å²) in [5, 5.41) is 9.19. The van der Waals surface area contributed by atoms with Crippen molar-refractivity contribution in [3.8, 4) is 17.6 Å². The second-order valence-corrected chi connectivity index (χ2v) is 2.87. The lowest BCUT2D eigenvalue weighted by atomic mass is 10.1. The van der Waals surface area contributed by atoms with E-state index in [2.05, 4.69) is 24.5 Å². The Morgan fingerprint density at radius 3 is 2.67 bits per heavy atom. The van der Waals surface area contributed by atoms with Crippen molar-refractivity contribution in [3.05, 3.63) is 29.8 Å². The van der Waals surface area contributed by atoms with Gasteiger partial charge in [0.05, 0.1) is 5.25 Å². The Kier molecular flexibility index (Phi) is 3.07. The van der Waals surface area contributed by atoms with E-state index in [1.165, 1.54) is 0 Å². The number of phenols is 1. The first-order valence-corrected chi connectivity index (χ1v) is 4.15. The third kappa shape index (κ3) is 1.96. The quantitative estimate of drug-likeness (QED) is 0.500. The molecule has 2 heteroatoms. The predicted octanol–water partition coefficient (Wildman–Crippen LogP) is 2.39. The van der Waals surface area contributed by atoms with Crippen molar-refractivity contribution in [2.75, 3.05) is 0 Å². The number of phenolic OH excluding ortho intramolecular Hbond substituents is 1. The molecule has 0 aliphatic heterocycles. The Labute approximate surface area is 77.8 Å². The zero-order valence-corrected chi connectivity index (χ0v) is 7.68. The van der Waals surface area contributed by atoms with E-state index in [0.717, 1.165) is 5.56 Å². The van der Waals surface area contributed by atoms with Crippen molar-refractivity contribution in [3.63, 3.8) is 0 Å².